The van der Waals surface area contributed by atoms with Crippen molar-refractivity contribution in [1.29, 1.82) is 0 Å². The topological polar surface area (TPSA) is 28.2 Å². The van der Waals surface area contributed by atoms with Crippen LogP contribution in [0.1, 0.15) is 24.8 Å². The highest BCUT2D eigenvalue weighted by Gasteiger charge is 2.30. The molecule has 0 unspecified atom stereocenters. The number of pyridine rings is 1. The summed E-state index contributed by atoms with van der Waals surface area (Å²) in [4.78, 5) is 6.23. The van der Waals surface area contributed by atoms with Crippen molar-refractivity contribution >= 4 is 5.82 Å². The van der Waals surface area contributed by atoms with Crippen LogP contribution in [0.15, 0.2) is 18.3 Å². The van der Waals surface area contributed by atoms with Gasteiger partial charge in [0.1, 0.15) is 5.82 Å². The maximum absolute atomic E-state index is 12.6. The zero-order chi connectivity index (χ0) is 14.6. The van der Waals surface area contributed by atoms with Crippen molar-refractivity contribution in [3.63, 3.8) is 0 Å². The Hall–Kier alpha value is -1.30. The molecule has 2 rings (SSSR count). The molecule has 0 aromatic carbocycles. The molecule has 0 atom stereocenters. The van der Waals surface area contributed by atoms with Crippen LogP contribution in [0.5, 0.6) is 0 Å². The quantitative estimate of drug-likeness (QED) is 0.921. The van der Waals surface area contributed by atoms with E-state index in [1.807, 2.05) is 0 Å². The SMILES string of the molecule is CN1CCC(CCNc2cc(C(F)(F)F)ccn2)CC1. The molecule has 1 N–H and O–H groups in total. The van der Waals surface area contributed by atoms with Gasteiger partial charge in [0, 0.05) is 12.7 Å². The largest absolute Gasteiger partial charge is 0.416 e. The fourth-order valence-electron chi connectivity index (χ4n) is 2.46. The molecule has 2 heterocycles. The van der Waals surface area contributed by atoms with E-state index < -0.39 is 11.7 Å². The van der Waals surface area contributed by atoms with Gasteiger partial charge < -0.3 is 10.2 Å². The molecule has 3 nitrogen and oxygen atoms in total. The molecule has 1 saturated heterocycles. The number of likely N-dealkylation sites (tertiary alicyclic amines) is 1. The summed E-state index contributed by atoms with van der Waals surface area (Å²) in [6.45, 7) is 2.88. The molecule has 1 fully saturated rings. The number of hydrogen-bond donors (Lipinski definition) is 1. The first kappa shape index (κ1) is 15.1. The number of rotatable bonds is 4. The lowest BCUT2D eigenvalue weighted by Gasteiger charge is -2.28. The first-order valence-electron chi connectivity index (χ1n) is 6.91. The lowest BCUT2D eigenvalue weighted by atomic mass is 9.94. The van der Waals surface area contributed by atoms with Crippen molar-refractivity contribution in [2.75, 3.05) is 32.0 Å². The van der Waals surface area contributed by atoms with Crippen LogP contribution < -0.4 is 5.32 Å². The maximum atomic E-state index is 12.6. The minimum Gasteiger partial charge on any atom is -0.370 e. The Balaban J connectivity index is 1.79. The fourth-order valence-corrected chi connectivity index (χ4v) is 2.46. The molecule has 1 aliphatic heterocycles. The molecule has 0 bridgehead atoms. The third-order valence-electron chi connectivity index (χ3n) is 3.78. The maximum Gasteiger partial charge on any atom is 0.416 e. The van der Waals surface area contributed by atoms with Crippen LogP contribution in [0, 0.1) is 5.92 Å². The van der Waals surface area contributed by atoms with Crippen molar-refractivity contribution in [2.24, 2.45) is 5.92 Å². The standard InChI is InChI=1S/C14H20F3N3/c1-20-8-4-11(5-9-20)2-6-18-13-10-12(3-7-19-13)14(15,16)17/h3,7,10-11H,2,4-6,8-9H2,1H3,(H,18,19). The minimum absolute atomic E-state index is 0.299. The average Bonchev–Trinajstić information content (AvgIpc) is 2.40. The van der Waals surface area contributed by atoms with Crippen molar-refractivity contribution in [2.45, 2.75) is 25.4 Å². The molecule has 0 spiro atoms. The smallest absolute Gasteiger partial charge is 0.370 e. The van der Waals surface area contributed by atoms with E-state index in [2.05, 4.69) is 22.2 Å². The van der Waals surface area contributed by atoms with Gasteiger partial charge in [0.25, 0.3) is 0 Å². The van der Waals surface area contributed by atoms with Gasteiger partial charge in [-0.25, -0.2) is 4.98 Å². The van der Waals surface area contributed by atoms with Crippen LogP contribution in [0.4, 0.5) is 19.0 Å². The lowest BCUT2D eigenvalue weighted by molar-refractivity contribution is -0.137. The number of anilines is 1. The molecule has 112 valence electrons. The summed E-state index contributed by atoms with van der Waals surface area (Å²) in [5.74, 6) is 0.956. The Morgan fingerprint density at radius 1 is 1.35 bits per heavy atom. The van der Waals surface area contributed by atoms with E-state index in [0.717, 1.165) is 44.5 Å². The summed E-state index contributed by atoms with van der Waals surface area (Å²) in [7, 11) is 2.11. The van der Waals surface area contributed by atoms with Gasteiger partial charge >= 0.3 is 6.18 Å². The van der Waals surface area contributed by atoms with E-state index in [0.29, 0.717) is 18.3 Å². The fraction of sp³-hybridized carbons (Fsp3) is 0.643. The molecule has 0 radical (unpaired) electrons. The van der Waals surface area contributed by atoms with Crippen LogP contribution >= 0.6 is 0 Å². The number of hydrogen-bond acceptors (Lipinski definition) is 3. The van der Waals surface area contributed by atoms with Gasteiger partial charge in [0.15, 0.2) is 0 Å². The number of aromatic nitrogens is 1. The van der Waals surface area contributed by atoms with E-state index in [4.69, 9.17) is 0 Å². The third kappa shape index (κ3) is 4.37. The van der Waals surface area contributed by atoms with Crippen molar-refractivity contribution in [1.82, 2.24) is 9.88 Å². The third-order valence-corrected chi connectivity index (χ3v) is 3.78. The van der Waals surface area contributed by atoms with Crippen LogP contribution in [0.3, 0.4) is 0 Å². The Labute approximate surface area is 117 Å². The second kappa shape index (κ2) is 6.43. The van der Waals surface area contributed by atoms with E-state index in [-0.39, 0.29) is 0 Å². The van der Waals surface area contributed by atoms with Gasteiger partial charge in [-0.2, -0.15) is 13.2 Å². The Morgan fingerprint density at radius 3 is 2.70 bits per heavy atom. The zero-order valence-corrected chi connectivity index (χ0v) is 11.6. The van der Waals surface area contributed by atoms with Gasteiger partial charge in [-0.1, -0.05) is 0 Å². The molecular formula is C14H20F3N3. The Bertz CT molecular complexity index is 426. The number of nitrogens with zero attached hydrogens (tertiary/aromatic N) is 2. The van der Waals surface area contributed by atoms with Gasteiger partial charge in [0.2, 0.25) is 0 Å². The number of piperidine rings is 1. The summed E-state index contributed by atoms with van der Waals surface area (Å²) < 4.78 is 37.7. The minimum atomic E-state index is -4.31. The van der Waals surface area contributed by atoms with Crippen LogP contribution in [0.25, 0.3) is 0 Å². The normalized spacial score (nSPS) is 18.2. The molecule has 0 aliphatic carbocycles. The molecule has 20 heavy (non-hydrogen) atoms. The highest BCUT2D eigenvalue weighted by molar-refractivity contribution is 5.38. The predicted octanol–water partition coefficient (Wildman–Crippen LogP) is 3.24. The van der Waals surface area contributed by atoms with Gasteiger partial charge in [-0.15, -0.1) is 0 Å². The number of halogens is 3. The van der Waals surface area contributed by atoms with Gasteiger partial charge in [-0.05, 0) is 57.5 Å². The molecule has 1 aromatic heterocycles. The molecule has 1 aliphatic rings. The highest BCUT2D eigenvalue weighted by Crippen LogP contribution is 2.30. The van der Waals surface area contributed by atoms with E-state index in [1.165, 1.54) is 6.20 Å². The summed E-state index contributed by atoms with van der Waals surface area (Å²) in [6.07, 6.45) is 0.183. The highest BCUT2D eigenvalue weighted by atomic mass is 19.4. The average molecular weight is 287 g/mol. The molecule has 0 amide bonds. The second-order valence-electron chi connectivity index (χ2n) is 5.39. The first-order valence-corrected chi connectivity index (χ1v) is 6.91. The Morgan fingerprint density at radius 2 is 2.05 bits per heavy atom. The van der Waals surface area contributed by atoms with Crippen LogP contribution in [-0.2, 0) is 6.18 Å². The van der Waals surface area contributed by atoms with E-state index in [1.54, 1.807) is 0 Å². The van der Waals surface area contributed by atoms with Crippen molar-refractivity contribution in [3.05, 3.63) is 23.9 Å². The summed E-state index contributed by atoms with van der Waals surface area (Å²) >= 11 is 0. The summed E-state index contributed by atoms with van der Waals surface area (Å²) in [5, 5.41) is 2.99. The Kier molecular flexibility index (Phi) is 4.86. The summed E-state index contributed by atoms with van der Waals surface area (Å²) in [5.41, 5.74) is -0.658. The van der Waals surface area contributed by atoms with E-state index >= 15 is 0 Å². The zero-order valence-electron chi connectivity index (χ0n) is 11.6. The summed E-state index contributed by atoms with van der Waals surface area (Å²) in [6, 6.07) is 2.05. The van der Waals surface area contributed by atoms with Crippen LogP contribution in [0.2, 0.25) is 0 Å². The molecule has 1 aromatic rings. The number of alkyl halides is 3. The molecule has 0 saturated carbocycles. The predicted molar refractivity (Wildman–Crippen MR) is 72.6 cm³/mol. The van der Waals surface area contributed by atoms with Gasteiger partial charge in [0.05, 0.1) is 5.56 Å². The lowest BCUT2D eigenvalue weighted by Crippen LogP contribution is -2.30. The second-order valence-corrected chi connectivity index (χ2v) is 5.39. The first-order chi connectivity index (χ1) is 9.45. The number of nitrogens with one attached hydrogen (secondary N) is 1. The van der Waals surface area contributed by atoms with Crippen molar-refractivity contribution in [3.8, 4) is 0 Å². The van der Waals surface area contributed by atoms with E-state index in [9.17, 15) is 13.2 Å². The monoisotopic (exact) mass is 287 g/mol. The molecular weight excluding hydrogens is 267 g/mol. The molecule has 6 heteroatoms. The van der Waals surface area contributed by atoms with Gasteiger partial charge in [-0.3, -0.25) is 0 Å². The van der Waals surface area contributed by atoms with Crippen molar-refractivity contribution < 1.29 is 13.2 Å². The van der Waals surface area contributed by atoms with Crippen LogP contribution in [-0.4, -0.2) is 36.6 Å².